The first-order chi connectivity index (χ1) is 24.4. The number of aromatic nitrogens is 3. The average molecular weight is 718 g/mol. The average Bonchev–Trinajstić information content (AvgIpc) is 4.03. The second-order valence-corrected chi connectivity index (χ2v) is 16.0. The van der Waals surface area contributed by atoms with E-state index in [2.05, 4.69) is 15.0 Å². The normalized spacial score (nSPS) is 26.1. The third kappa shape index (κ3) is 6.83. The number of hydrogen-bond acceptors (Lipinski definition) is 10. The Morgan fingerprint density at radius 2 is 1.88 bits per heavy atom. The number of sulfonamides is 1. The summed E-state index contributed by atoms with van der Waals surface area (Å²) in [5.74, 6) is -0.401. The van der Waals surface area contributed by atoms with Crippen LogP contribution in [0.1, 0.15) is 56.2 Å². The second-order valence-electron chi connectivity index (χ2n) is 14.0. The van der Waals surface area contributed by atoms with E-state index >= 15 is 0 Å². The van der Waals surface area contributed by atoms with Gasteiger partial charge in [-0.15, -0.1) is 0 Å². The molecular formula is C36H43N7O7S. The van der Waals surface area contributed by atoms with Crippen molar-refractivity contribution >= 4 is 38.8 Å². The fraction of sp³-hybridized carbons (Fsp3) is 0.500. The minimum atomic E-state index is -3.84. The summed E-state index contributed by atoms with van der Waals surface area (Å²) in [6, 6.07) is 7.88. The molecule has 4 atom stereocenters. The molecule has 51 heavy (non-hydrogen) atoms. The molecule has 7 rings (SSSR count). The number of amides is 4. The van der Waals surface area contributed by atoms with E-state index in [-0.39, 0.29) is 37.2 Å². The molecule has 1 aromatic carbocycles. The Kier molecular flexibility index (Phi) is 9.10. The van der Waals surface area contributed by atoms with Gasteiger partial charge in [-0.1, -0.05) is 18.2 Å². The van der Waals surface area contributed by atoms with Crippen molar-refractivity contribution in [1.29, 1.82) is 0 Å². The number of nitrogens with one attached hydrogen (secondary N) is 2. The van der Waals surface area contributed by atoms with Crippen LogP contribution >= 0.6 is 0 Å². The maximum Gasteiger partial charge on any atom is 0.320 e. The van der Waals surface area contributed by atoms with Crippen LogP contribution < -0.4 is 19.5 Å². The van der Waals surface area contributed by atoms with E-state index in [1.54, 1.807) is 19.1 Å². The number of fused-ring (bicyclic) bond motifs is 3. The molecule has 2 aliphatic heterocycles. The van der Waals surface area contributed by atoms with Crippen molar-refractivity contribution in [2.24, 2.45) is 5.92 Å². The van der Waals surface area contributed by atoms with E-state index in [1.807, 2.05) is 56.3 Å². The zero-order chi connectivity index (χ0) is 36.1. The Hall–Kier alpha value is -4.79. The molecule has 14 nitrogen and oxygen atoms in total. The van der Waals surface area contributed by atoms with Crippen LogP contribution in [0.3, 0.4) is 0 Å². The van der Waals surface area contributed by atoms with Gasteiger partial charge in [0.05, 0.1) is 29.8 Å². The number of carbonyl (C=O) groups is 3. The number of urea groups is 1. The Morgan fingerprint density at radius 3 is 2.63 bits per heavy atom. The summed E-state index contributed by atoms with van der Waals surface area (Å²) in [4.78, 5) is 59.0. The summed E-state index contributed by atoms with van der Waals surface area (Å²) in [5, 5.41) is 2.93. The van der Waals surface area contributed by atoms with Crippen LogP contribution in [0.5, 0.6) is 11.6 Å². The first kappa shape index (κ1) is 34.6. The van der Waals surface area contributed by atoms with Gasteiger partial charge >= 0.3 is 6.03 Å². The number of hydrogen-bond donors (Lipinski definition) is 2. The lowest BCUT2D eigenvalue weighted by Crippen LogP contribution is -2.57. The van der Waals surface area contributed by atoms with Gasteiger partial charge < -0.3 is 24.6 Å². The summed E-state index contributed by atoms with van der Waals surface area (Å²) in [5.41, 5.74) is 1.32. The van der Waals surface area contributed by atoms with Crippen molar-refractivity contribution < 1.29 is 32.3 Å². The third-order valence-electron chi connectivity index (χ3n) is 10.2. The molecule has 2 aliphatic carbocycles. The van der Waals surface area contributed by atoms with Crippen molar-refractivity contribution in [3.8, 4) is 23.1 Å². The molecule has 4 amide bonds. The van der Waals surface area contributed by atoms with Gasteiger partial charge in [-0.2, -0.15) is 4.98 Å². The first-order valence-electron chi connectivity index (χ1n) is 17.4. The molecule has 0 radical (unpaired) electrons. The van der Waals surface area contributed by atoms with Gasteiger partial charge in [0.2, 0.25) is 21.8 Å². The highest BCUT2D eigenvalue weighted by Crippen LogP contribution is 2.46. The van der Waals surface area contributed by atoms with Gasteiger partial charge in [-0.3, -0.25) is 14.3 Å². The molecule has 4 aliphatic rings. The predicted molar refractivity (Wildman–Crippen MR) is 188 cm³/mol. The second kappa shape index (κ2) is 13.4. The smallest absolute Gasteiger partial charge is 0.320 e. The summed E-state index contributed by atoms with van der Waals surface area (Å²) in [6.07, 6.45) is 6.86. The lowest BCUT2D eigenvalue weighted by atomic mass is 10.1. The fourth-order valence-electron chi connectivity index (χ4n) is 7.03. The van der Waals surface area contributed by atoms with E-state index in [0.717, 1.165) is 30.5 Å². The van der Waals surface area contributed by atoms with Gasteiger partial charge in [0, 0.05) is 37.2 Å². The Bertz CT molecular complexity index is 2040. The van der Waals surface area contributed by atoms with Gasteiger partial charge in [-0.05, 0) is 76.6 Å². The molecule has 0 bridgehead atoms. The van der Waals surface area contributed by atoms with Gasteiger partial charge in [-0.25, -0.2) is 23.2 Å². The number of methoxy groups -OCH3 is 1. The van der Waals surface area contributed by atoms with E-state index in [1.165, 1.54) is 4.90 Å². The number of carbonyl (C=O) groups excluding carboxylic acids is 3. The van der Waals surface area contributed by atoms with E-state index in [0.29, 0.717) is 47.6 Å². The predicted octanol–water partition coefficient (Wildman–Crippen LogP) is 3.41. The quantitative estimate of drug-likeness (QED) is 0.345. The van der Waals surface area contributed by atoms with Crippen molar-refractivity contribution in [3.05, 3.63) is 53.7 Å². The monoisotopic (exact) mass is 717 g/mol. The van der Waals surface area contributed by atoms with Crippen molar-refractivity contribution in [2.75, 3.05) is 27.2 Å². The maximum absolute atomic E-state index is 14.2. The molecule has 0 unspecified atom stereocenters. The van der Waals surface area contributed by atoms with E-state index in [4.69, 9.17) is 19.4 Å². The summed E-state index contributed by atoms with van der Waals surface area (Å²) in [7, 11) is -0.550. The zero-order valence-corrected chi connectivity index (χ0v) is 30.0. The largest absolute Gasteiger partial charge is 0.496 e. The molecular weight excluding hydrogens is 675 g/mol. The van der Waals surface area contributed by atoms with Crippen LogP contribution in [-0.4, -0.2) is 101 Å². The summed E-state index contributed by atoms with van der Waals surface area (Å²) in [6.45, 7) is 4.37. The molecule has 2 N–H and O–H groups in total. The molecule has 1 saturated heterocycles. The zero-order valence-electron chi connectivity index (χ0n) is 29.2. The Balaban J connectivity index is 1.21. The van der Waals surface area contributed by atoms with Gasteiger partial charge in [0.1, 0.15) is 29.1 Å². The van der Waals surface area contributed by atoms with Crippen LogP contribution in [0.4, 0.5) is 4.79 Å². The number of rotatable bonds is 7. The highest BCUT2D eigenvalue weighted by Gasteiger charge is 2.62. The minimum absolute atomic E-state index is 0.0819. The topological polar surface area (TPSA) is 173 Å². The highest BCUT2D eigenvalue weighted by molar-refractivity contribution is 7.91. The number of aryl methyl sites for hydroxylation is 2. The molecule has 3 fully saturated rings. The van der Waals surface area contributed by atoms with E-state index < -0.39 is 44.8 Å². The summed E-state index contributed by atoms with van der Waals surface area (Å²) >= 11 is 0. The van der Waals surface area contributed by atoms with E-state index in [9.17, 15) is 22.8 Å². The highest BCUT2D eigenvalue weighted by atomic mass is 32.2. The van der Waals surface area contributed by atoms with Crippen molar-refractivity contribution in [1.82, 2.24) is 34.8 Å². The molecule has 2 saturated carbocycles. The van der Waals surface area contributed by atoms with Crippen molar-refractivity contribution in [3.63, 3.8) is 0 Å². The van der Waals surface area contributed by atoms with Crippen LogP contribution in [0.15, 0.2) is 42.5 Å². The van der Waals surface area contributed by atoms with Crippen LogP contribution in [0.25, 0.3) is 22.4 Å². The molecule has 270 valence electrons. The standard InChI is InChI=1S/C36H43N7O7S/c1-21-10-9-12-27(37-21)31-38-30-22(2)29(49-4)16-15-26(30)33(39-31)50-24-18-28-32(44)40-36(34(45)41-51(47,48)25-13-14-25)19-23(36)11-7-5-6-8-17-42(3)35(46)43(28)20-24/h7,9-12,15-16,23-25,28H,5-6,8,13-14,17-20H2,1-4H3,(H,40,44)(H,41,45)/b11-7-/t23-,24-,28+,36-/m1/s1. The molecule has 2 aromatic heterocycles. The van der Waals surface area contributed by atoms with Crippen LogP contribution in [-0.2, 0) is 19.6 Å². The number of pyridine rings is 1. The van der Waals surface area contributed by atoms with Gasteiger partial charge in [0.15, 0.2) is 5.82 Å². The number of allylic oxidation sites excluding steroid dienone is 1. The lowest BCUT2D eigenvalue weighted by molar-refractivity contribution is -0.131. The lowest BCUT2D eigenvalue weighted by Gasteiger charge is -2.30. The maximum atomic E-state index is 14.2. The fourth-order valence-corrected chi connectivity index (χ4v) is 8.40. The molecule has 15 heteroatoms. The SMILES string of the molecule is COc1ccc2c(O[C@@H]3C[C@H]4C(=O)N[C@]5(C(=O)NS(=O)(=O)C6CC6)C[C@H]5/C=C\CCCCN(C)C(=O)N4C3)nc(-c3cccc(C)n3)nc2c1C. The Morgan fingerprint density at radius 1 is 1.08 bits per heavy atom. The minimum Gasteiger partial charge on any atom is -0.496 e. The van der Waals surface area contributed by atoms with Crippen LogP contribution in [0, 0.1) is 19.8 Å². The first-order valence-corrected chi connectivity index (χ1v) is 19.0. The molecule has 4 heterocycles. The Labute approximate surface area is 297 Å². The third-order valence-corrected chi connectivity index (χ3v) is 12.1. The number of benzene rings is 1. The van der Waals surface area contributed by atoms with Crippen molar-refractivity contribution in [2.45, 2.75) is 81.7 Å². The molecule has 3 aromatic rings. The number of ether oxygens (including phenoxy) is 2. The van der Waals surface area contributed by atoms with Gasteiger partial charge in [0.25, 0.3) is 5.91 Å². The summed E-state index contributed by atoms with van der Waals surface area (Å²) < 4.78 is 39.9. The number of nitrogens with zero attached hydrogens (tertiary/aromatic N) is 5. The molecule has 0 spiro atoms. The van der Waals surface area contributed by atoms with Crippen LogP contribution in [0.2, 0.25) is 0 Å².